The Morgan fingerprint density at radius 1 is 1.41 bits per heavy atom. The van der Waals surface area contributed by atoms with E-state index in [2.05, 4.69) is 18.7 Å². The highest BCUT2D eigenvalue weighted by Crippen LogP contribution is 2.26. The molecule has 1 aliphatic heterocycles. The Balaban J connectivity index is 1.98. The van der Waals surface area contributed by atoms with E-state index in [9.17, 15) is 0 Å². The van der Waals surface area contributed by atoms with Gasteiger partial charge >= 0.3 is 0 Å². The monoisotopic (exact) mass is 252 g/mol. The largest absolute Gasteiger partial charge is 0.399 e. The lowest BCUT2D eigenvalue weighted by Crippen LogP contribution is -2.21. The van der Waals surface area contributed by atoms with Gasteiger partial charge in [-0.05, 0) is 48.6 Å². The highest BCUT2D eigenvalue weighted by Gasteiger charge is 2.24. The lowest BCUT2D eigenvalue weighted by molar-refractivity contribution is 0.297. The van der Waals surface area contributed by atoms with E-state index in [1.807, 2.05) is 12.1 Å². The maximum Gasteiger partial charge on any atom is 0.0429 e. The van der Waals surface area contributed by atoms with Gasteiger partial charge in [-0.1, -0.05) is 25.4 Å². The molecule has 2 nitrogen and oxygen atoms in total. The van der Waals surface area contributed by atoms with Gasteiger partial charge in [-0.25, -0.2) is 0 Å². The molecule has 1 aliphatic rings. The molecule has 1 aromatic rings. The first-order valence-corrected chi connectivity index (χ1v) is 6.69. The molecule has 1 fully saturated rings. The molecule has 0 bridgehead atoms. The third kappa shape index (κ3) is 3.36. The van der Waals surface area contributed by atoms with Crippen LogP contribution >= 0.6 is 11.6 Å². The first kappa shape index (κ1) is 12.7. The number of nitrogen functional groups attached to an aromatic ring is 1. The number of likely N-dealkylation sites (tertiary alicyclic amines) is 1. The van der Waals surface area contributed by atoms with Crippen LogP contribution in [0.2, 0.25) is 5.02 Å². The average molecular weight is 253 g/mol. The number of anilines is 1. The highest BCUT2D eigenvalue weighted by atomic mass is 35.5. The molecule has 2 rings (SSSR count). The molecule has 1 heterocycles. The first-order chi connectivity index (χ1) is 8.04. The number of halogens is 1. The Bertz CT molecular complexity index is 370. The van der Waals surface area contributed by atoms with Gasteiger partial charge in [-0.15, -0.1) is 0 Å². The summed E-state index contributed by atoms with van der Waals surface area (Å²) in [5.74, 6) is 1.62. The van der Waals surface area contributed by atoms with E-state index in [-0.39, 0.29) is 0 Å². The number of nitrogens with zero attached hydrogens (tertiary/aromatic N) is 1. The number of benzene rings is 1. The summed E-state index contributed by atoms with van der Waals surface area (Å²) < 4.78 is 0. The van der Waals surface area contributed by atoms with E-state index in [4.69, 9.17) is 17.3 Å². The van der Waals surface area contributed by atoms with Gasteiger partial charge in [0.1, 0.15) is 0 Å². The topological polar surface area (TPSA) is 29.3 Å². The fourth-order valence-electron chi connectivity index (χ4n) is 2.58. The van der Waals surface area contributed by atoms with Gasteiger partial charge in [0, 0.05) is 23.8 Å². The van der Waals surface area contributed by atoms with Crippen LogP contribution in [0.25, 0.3) is 0 Å². The van der Waals surface area contributed by atoms with Gasteiger partial charge in [-0.2, -0.15) is 0 Å². The van der Waals surface area contributed by atoms with Crippen LogP contribution in [-0.2, 0) is 6.54 Å². The second kappa shape index (κ2) is 5.28. The van der Waals surface area contributed by atoms with E-state index in [0.717, 1.165) is 29.1 Å². The van der Waals surface area contributed by atoms with Crippen LogP contribution < -0.4 is 5.73 Å². The molecule has 94 valence electrons. The normalized spacial score (nSPS) is 21.3. The molecule has 1 saturated heterocycles. The summed E-state index contributed by atoms with van der Waals surface area (Å²) in [6.45, 7) is 7.98. The summed E-state index contributed by atoms with van der Waals surface area (Å²) in [5.41, 5.74) is 7.78. The van der Waals surface area contributed by atoms with Crippen molar-refractivity contribution in [3.8, 4) is 0 Å². The van der Waals surface area contributed by atoms with E-state index in [1.54, 1.807) is 6.07 Å². The molecule has 1 unspecified atom stereocenters. The Morgan fingerprint density at radius 3 is 2.76 bits per heavy atom. The maximum absolute atomic E-state index is 6.02. The van der Waals surface area contributed by atoms with Crippen molar-refractivity contribution in [2.75, 3.05) is 18.8 Å². The Kier molecular flexibility index (Phi) is 3.95. The fraction of sp³-hybridized carbons (Fsp3) is 0.571. The van der Waals surface area contributed by atoms with E-state index >= 15 is 0 Å². The lowest BCUT2D eigenvalue weighted by Gasteiger charge is -2.18. The Hall–Kier alpha value is -0.730. The molecule has 1 aromatic carbocycles. The second-order valence-corrected chi connectivity index (χ2v) is 5.86. The third-order valence-corrected chi connectivity index (χ3v) is 3.86. The van der Waals surface area contributed by atoms with Gasteiger partial charge in [0.05, 0.1) is 0 Å². The first-order valence-electron chi connectivity index (χ1n) is 6.32. The SMILES string of the molecule is CC(C)C1CCN(Cc2cc(N)cc(Cl)c2)C1. The van der Waals surface area contributed by atoms with Gasteiger partial charge in [-0.3, -0.25) is 4.90 Å². The van der Waals surface area contributed by atoms with Crippen molar-refractivity contribution in [3.63, 3.8) is 0 Å². The number of rotatable bonds is 3. The van der Waals surface area contributed by atoms with E-state index in [0.29, 0.717) is 0 Å². The van der Waals surface area contributed by atoms with Crippen molar-refractivity contribution >= 4 is 17.3 Å². The van der Waals surface area contributed by atoms with Crippen LogP contribution in [0.3, 0.4) is 0 Å². The summed E-state index contributed by atoms with van der Waals surface area (Å²) in [4.78, 5) is 2.50. The fourth-order valence-corrected chi connectivity index (χ4v) is 2.84. The third-order valence-electron chi connectivity index (χ3n) is 3.64. The predicted molar refractivity (Wildman–Crippen MR) is 74.1 cm³/mol. The van der Waals surface area contributed by atoms with Crippen LogP contribution in [0.1, 0.15) is 25.8 Å². The zero-order chi connectivity index (χ0) is 12.4. The summed E-state index contributed by atoms with van der Waals surface area (Å²) in [6.07, 6.45) is 1.31. The number of hydrogen-bond donors (Lipinski definition) is 1. The van der Waals surface area contributed by atoms with Crippen molar-refractivity contribution in [2.24, 2.45) is 11.8 Å². The van der Waals surface area contributed by atoms with Crippen molar-refractivity contribution in [1.29, 1.82) is 0 Å². The van der Waals surface area contributed by atoms with Gasteiger partial charge in [0.2, 0.25) is 0 Å². The van der Waals surface area contributed by atoms with Crippen molar-refractivity contribution < 1.29 is 0 Å². The van der Waals surface area contributed by atoms with Crippen LogP contribution in [0.15, 0.2) is 18.2 Å². The molecular weight excluding hydrogens is 232 g/mol. The minimum absolute atomic E-state index is 0.736. The Morgan fingerprint density at radius 2 is 2.18 bits per heavy atom. The average Bonchev–Trinajstić information content (AvgIpc) is 2.64. The van der Waals surface area contributed by atoms with E-state index in [1.165, 1.54) is 25.1 Å². The van der Waals surface area contributed by atoms with Crippen molar-refractivity contribution in [1.82, 2.24) is 4.90 Å². The molecule has 17 heavy (non-hydrogen) atoms. The van der Waals surface area contributed by atoms with Crippen LogP contribution in [0.5, 0.6) is 0 Å². The van der Waals surface area contributed by atoms with Crippen LogP contribution in [0.4, 0.5) is 5.69 Å². The molecule has 0 aromatic heterocycles. The van der Waals surface area contributed by atoms with Crippen LogP contribution in [-0.4, -0.2) is 18.0 Å². The lowest BCUT2D eigenvalue weighted by atomic mass is 9.95. The molecule has 0 spiro atoms. The number of nitrogens with two attached hydrogens (primary N) is 1. The van der Waals surface area contributed by atoms with Gasteiger partial charge in [0.15, 0.2) is 0 Å². The highest BCUT2D eigenvalue weighted by molar-refractivity contribution is 6.30. The number of hydrogen-bond acceptors (Lipinski definition) is 2. The maximum atomic E-state index is 6.02. The summed E-state index contributed by atoms with van der Waals surface area (Å²) >= 11 is 6.02. The summed E-state index contributed by atoms with van der Waals surface area (Å²) in [7, 11) is 0. The predicted octanol–water partition coefficient (Wildman–Crippen LogP) is 3.40. The standard InChI is InChI=1S/C14H21ClN2/c1-10(2)12-3-4-17(9-12)8-11-5-13(15)7-14(16)6-11/h5-7,10,12H,3-4,8-9,16H2,1-2H3. The molecular formula is C14H21ClN2. The quantitative estimate of drug-likeness (QED) is 0.836. The van der Waals surface area contributed by atoms with E-state index < -0.39 is 0 Å². The molecule has 0 radical (unpaired) electrons. The minimum Gasteiger partial charge on any atom is -0.399 e. The van der Waals surface area contributed by atoms with Gasteiger partial charge < -0.3 is 5.73 Å². The molecule has 0 amide bonds. The zero-order valence-electron chi connectivity index (χ0n) is 10.6. The smallest absolute Gasteiger partial charge is 0.0429 e. The zero-order valence-corrected chi connectivity index (χ0v) is 11.4. The van der Waals surface area contributed by atoms with Crippen molar-refractivity contribution in [3.05, 3.63) is 28.8 Å². The molecule has 0 aliphatic carbocycles. The van der Waals surface area contributed by atoms with Gasteiger partial charge in [0.25, 0.3) is 0 Å². The Labute approximate surface area is 109 Å². The molecule has 1 atom stereocenters. The van der Waals surface area contributed by atoms with Crippen LogP contribution in [0, 0.1) is 11.8 Å². The minimum atomic E-state index is 0.736. The summed E-state index contributed by atoms with van der Waals surface area (Å²) in [5, 5.41) is 0.736. The summed E-state index contributed by atoms with van der Waals surface area (Å²) in [6, 6.07) is 5.83. The van der Waals surface area contributed by atoms with Crippen molar-refractivity contribution in [2.45, 2.75) is 26.8 Å². The molecule has 3 heteroatoms. The second-order valence-electron chi connectivity index (χ2n) is 5.42. The molecule has 0 saturated carbocycles. The molecule has 2 N–H and O–H groups in total.